The van der Waals surface area contributed by atoms with Crippen molar-refractivity contribution in [2.24, 2.45) is 0 Å². The number of hydrogen-bond acceptors (Lipinski definition) is 4. The maximum atomic E-state index is 13.5. The van der Waals surface area contributed by atoms with Crippen LogP contribution in [0.3, 0.4) is 0 Å². The molecular formula is C19H21FN2O2. The minimum absolute atomic E-state index is 0.104. The summed E-state index contributed by atoms with van der Waals surface area (Å²) < 4.78 is 19.2. The van der Waals surface area contributed by atoms with Gasteiger partial charge in [-0.05, 0) is 30.5 Å². The fraction of sp³-hybridized carbons (Fsp3) is 0.421. The fourth-order valence-corrected chi connectivity index (χ4v) is 3.97. The quantitative estimate of drug-likeness (QED) is 0.879. The van der Waals surface area contributed by atoms with E-state index in [0.717, 1.165) is 6.54 Å². The Morgan fingerprint density at radius 2 is 1.79 bits per heavy atom. The van der Waals surface area contributed by atoms with Gasteiger partial charge in [0.1, 0.15) is 5.60 Å². The molecule has 4 nitrogen and oxygen atoms in total. The summed E-state index contributed by atoms with van der Waals surface area (Å²) in [4.78, 5) is 6.34. The van der Waals surface area contributed by atoms with Crippen molar-refractivity contribution in [3.05, 3.63) is 65.7 Å². The zero-order valence-corrected chi connectivity index (χ0v) is 13.4. The topological polar surface area (TPSA) is 45.6 Å². The van der Waals surface area contributed by atoms with Crippen LogP contribution in [0.25, 0.3) is 0 Å². The number of aliphatic hydroxyl groups is 1. The van der Waals surface area contributed by atoms with Gasteiger partial charge in [0, 0.05) is 18.6 Å². The van der Waals surface area contributed by atoms with Gasteiger partial charge in [0.05, 0.1) is 18.9 Å². The highest BCUT2D eigenvalue weighted by molar-refractivity contribution is 5.19. The molecule has 0 amide bonds. The van der Waals surface area contributed by atoms with Gasteiger partial charge in [-0.3, -0.25) is 4.90 Å². The molecule has 2 atom stereocenters. The van der Waals surface area contributed by atoms with Crippen molar-refractivity contribution < 1.29 is 14.2 Å². The lowest BCUT2D eigenvalue weighted by Crippen LogP contribution is -2.60. The van der Waals surface area contributed by atoms with Crippen LogP contribution in [0.5, 0.6) is 0 Å². The van der Waals surface area contributed by atoms with E-state index < -0.39 is 11.5 Å². The molecule has 2 aromatic rings. The maximum absolute atomic E-state index is 13.5. The van der Waals surface area contributed by atoms with Gasteiger partial charge in [-0.2, -0.15) is 4.39 Å². The zero-order valence-electron chi connectivity index (χ0n) is 13.4. The minimum atomic E-state index is -1.09. The summed E-state index contributed by atoms with van der Waals surface area (Å²) in [5, 5.41) is 11.1. The van der Waals surface area contributed by atoms with E-state index in [9.17, 15) is 9.50 Å². The average molecular weight is 328 g/mol. The third kappa shape index (κ3) is 2.95. The molecule has 2 bridgehead atoms. The number of nitrogens with zero attached hydrogens (tertiary/aromatic N) is 2. The van der Waals surface area contributed by atoms with Gasteiger partial charge in [-0.25, -0.2) is 4.98 Å². The van der Waals surface area contributed by atoms with Crippen molar-refractivity contribution in [3.63, 3.8) is 0 Å². The van der Waals surface area contributed by atoms with Gasteiger partial charge in [-0.1, -0.05) is 36.4 Å². The molecule has 4 rings (SSSR count). The summed E-state index contributed by atoms with van der Waals surface area (Å²) in [6.07, 6.45) is 1.01. The first-order valence-corrected chi connectivity index (χ1v) is 8.37. The molecule has 3 heterocycles. The minimum Gasteiger partial charge on any atom is -0.383 e. The number of benzene rings is 1. The summed E-state index contributed by atoms with van der Waals surface area (Å²) in [6.45, 7) is 2.01. The SMILES string of the molecule is OC1(c2cccc(F)n2)CC2COCC(C1)N2Cc1ccccc1. The third-order valence-corrected chi connectivity index (χ3v) is 5.11. The first kappa shape index (κ1) is 15.7. The van der Waals surface area contributed by atoms with Crippen LogP contribution in [-0.2, 0) is 16.9 Å². The van der Waals surface area contributed by atoms with Crippen LogP contribution in [0.4, 0.5) is 4.39 Å². The number of piperidine rings is 1. The Labute approximate surface area is 140 Å². The van der Waals surface area contributed by atoms with E-state index in [0.29, 0.717) is 31.7 Å². The Balaban J connectivity index is 1.58. The molecule has 126 valence electrons. The van der Waals surface area contributed by atoms with E-state index in [1.54, 1.807) is 12.1 Å². The molecule has 5 heteroatoms. The Bertz CT molecular complexity index is 696. The first-order chi connectivity index (χ1) is 11.6. The van der Waals surface area contributed by atoms with E-state index >= 15 is 0 Å². The molecule has 1 aromatic heterocycles. The van der Waals surface area contributed by atoms with Gasteiger partial charge in [0.25, 0.3) is 0 Å². The highest BCUT2D eigenvalue weighted by Gasteiger charge is 2.47. The van der Waals surface area contributed by atoms with E-state index in [-0.39, 0.29) is 12.1 Å². The lowest BCUT2D eigenvalue weighted by molar-refractivity contribution is -0.151. The fourth-order valence-electron chi connectivity index (χ4n) is 3.97. The summed E-state index contributed by atoms with van der Waals surface area (Å²) in [5.74, 6) is -0.547. The molecular weight excluding hydrogens is 307 g/mol. The standard InChI is InChI=1S/C19H21FN2O2/c20-18-8-4-7-17(21-18)19(23)9-15-12-24-13-16(10-19)22(15)11-14-5-2-1-3-6-14/h1-8,15-16,23H,9-13H2. The van der Waals surface area contributed by atoms with Crippen LogP contribution < -0.4 is 0 Å². The highest BCUT2D eigenvalue weighted by atomic mass is 19.1. The van der Waals surface area contributed by atoms with Crippen molar-refractivity contribution in [2.45, 2.75) is 37.1 Å². The summed E-state index contributed by atoms with van der Waals surface area (Å²) in [7, 11) is 0. The smallest absolute Gasteiger partial charge is 0.213 e. The number of morpholine rings is 1. The number of halogens is 1. The van der Waals surface area contributed by atoms with E-state index in [1.165, 1.54) is 11.6 Å². The van der Waals surface area contributed by atoms with Crippen molar-refractivity contribution in [2.75, 3.05) is 13.2 Å². The molecule has 24 heavy (non-hydrogen) atoms. The molecule has 2 fully saturated rings. The average Bonchev–Trinajstić information content (AvgIpc) is 2.57. The predicted octanol–water partition coefficient (Wildman–Crippen LogP) is 2.47. The first-order valence-electron chi connectivity index (χ1n) is 8.37. The molecule has 2 unspecified atom stereocenters. The number of aromatic nitrogens is 1. The molecule has 0 radical (unpaired) electrons. The van der Waals surface area contributed by atoms with E-state index in [2.05, 4.69) is 22.0 Å². The van der Waals surface area contributed by atoms with Gasteiger partial charge >= 0.3 is 0 Å². The molecule has 0 aliphatic carbocycles. The predicted molar refractivity (Wildman–Crippen MR) is 87.7 cm³/mol. The second-order valence-electron chi connectivity index (χ2n) is 6.79. The van der Waals surface area contributed by atoms with Crippen LogP contribution in [0.2, 0.25) is 0 Å². The second kappa shape index (κ2) is 6.24. The third-order valence-electron chi connectivity index (χ3n) is 5.11. The molecule has 2 aliphatic rings. The van der Waals surface area contributed by atoms with Gasteiger partial charge in [-0.15, -0.1) is 0 Å². The highest BCUT2D eigenvalue weighted by Crippen LogP contribution is 2.40. The number of rotatable bonds is 3. The van der Waals surface area contributed by atoms with Gasteiger partial charge in [0.2, 0.25) is 5.95 Å². The van der Waals surface area contributed by atoms with Crippen LogP contribution >= 0.6 is 0 Å². The number of pyridine rings is 1. The second-order valence-corrected chi connectivity index (χ2v) is 6.79. The molecule has 0 saturated carbocycles. The summed E-state index contributed by atoms with van der Waals surface area (Å²) in [5.41, 5.74) is 0.594. The van der Waals surface area contributed by atoms with Crippen LogP contribution in [-0.4, -0.2) is 40.3 Å². The maximum Gasteiger partial charge on any atom is 0.213 e. The molecule has 2 saturated heterocycles. The largest absolute Gasteiger partial charge is 0.383 e. The van der Waals surface area contributed by atoms with Crippen molar-refractivity contribution in [3.8, 4) is 0 Å². The van der Waals surface area contributed by atoms with Crippen molar-refractivity contribution in [1.82, 2.24) is 9.88 Å². The number of fused-ring (bicyclic) bond motifs is 2. The lowest BCUT2D eigenvalue weighted by Gasteiger charge is -2.51. The van der Waals surface area contributed by atoms with Gasteiger partial charge < -0.3 is 9.84 Å². The number of hydrogen-bond donors (Lipinski definition) is 1. The van der Waals surface area contributed by atoms with Crippen LogP contribution in [0.15, 0.2) is 48.5 Å². The van der Waals surface area contributed by atoms with Crippen molar-refractivity contribution >= 4 is 0 Å². The van der Waals surface area contributed by atoms with Gasteiger partial charge in [0.15, 0.2) is 0 Å². The van der Waals surface area contributed by atoms with E-state index in [1.807, 2.05) is 18.2 Å². The van der Waals surface area contributed by atoms with Crippen LogP contribution in [0, 0.1) is 5.95 Å². The Morgan fingerprint density at radius 3 is 2.46 bits per heavy atom. The Hall–Kier alpha value is -1.82. The molecule has 2 aliphatic heterocycles. The molecule has 1 N–H and O–H groups in total. The van der Waals surface area contributed by atoms with Crippen LogP contribution in [0.1, 0.15) is 24.1 Å². The molecule has 0 spiro atoms. The zero-order chi connectivity index (χ0) is 16.6. The molecule has 1 aromatic carbocycles. The Kier molecular flexibility index (Phi) is 4.08. The normalized spacial score (nSPS) is 30.2. The summed E-state index contributed by atoms with van der Waals surface area (Å²) in [6, 6.07) is 15.2. The number of ether oxygens (including phenoxy) is 1. The summed E-state index contributed by atoms with van der Waals surface area (Å²) >= 11 is 0. The monoisotopic (exact) mass is 328 g/mol. The lowest BCUT2D eigenvalue weighted by atomic mass is 9.78. The Morgan fingerprint density at radius 1 is 1.08 bits per heavy atom. The van der Waals surface area contributed by atoms with E-state index in [4.69, 9.17) is 4.74 Å². The van der Waals surface area contributed by atoms with Crippen molar-refractivity contribution in [1.29, 1.82) is 0 Å².